The van der Waals surface area contributed by atoms with Crippen LogP contribution in [-0.2, 0) is 0 Å². The van der Waals surface area contributed by atoms with Gasteiger partial charge >= 0.3 is 0 Å². The number of nitrogens with two attached hydrogens (primary N) is 1. The summed E-state index contributed by atoms with van der Waals surface area (Å²) in [7, 11) is 0. The molecular formula is C13H22N4O. The molecule has 0 atom stereocenters. The van der Waals surface area contributed by atoms with E-state index >= 15 is 0 Å². The van der Waals surface area contributed by atoms with E-state index in [4.69, 9.17) is 5.73 Å². The molecule has 1 aromatic heterocycles. The van der Waals surface area contributed by atoms with Gasteiger partial charge in [0.25, 0.3) is 5.91 Å². The first-order valence-electron chi connectivity index (χ1n) is 6.66. The van der Waals surface area contributed by atoms with Gasteiger partial charge in [0.2, 0.25) is 0 Å². The Morgan fingerprint density at radius 2 is 2.17 bits per heavy atom. The van der Waals surface area contributed by atoms with Crippen LogP contribution in [0.4, 0.5) is 5.69 Å². The molecule has 2 rings (SSSR count). The standard InChI is InChI=1S/C13H22N4O/c1-3-13(6-4-5-7-13)8-15-12(18)11-10(14)9(2)16-17-11/h3-8,14H2,1-2H3,(H,15,18)(H,16,17). The Morgan fingerprint density at radius 3 is 2.67 bits per heavy atom. The predicted octanol–water partition coefficient (Wildman–Crippen LogP) is 2.00. The third kappa shape index (κ3) is 2.35. The van der Waals surface area contributed by atoms with Crippen LogP contribution in [0.3, 0.4) is 0 Å². The number of nitrogen functional groups attached to an aromatic ring is 1. The third-order valence-corrected chi connectivity index (χ3v) is 4.25. The number of nitrogens with zero attached hydrogens (tertiary/aromatic N) is 1. The Kier molecular flexibility index (Phi) is 3.59. The molecule has 1 fully saturated rings. The van der Waals surface area contributed by atoms with Crippen LogP contribution in [-0.4, -0.2) is 22.6 Å². The number of rotatable bonds is 4. The molecule has 1 aliphatic carbocycles. The highest BCUT2D eigenvalue weighted by Crippen LogP contribution is 2.40. The van der Waals surface area contributed by atoms with Crippen LogP contribution >= 0.6 is 0 Å². The van der Waals surface area contributed by atoms with Gasteiger partial charge < -0.3 is 11.1 Å². The number of carbonyl (C=O) groups excluding carboxylic acids is 1. The minimum Gasteiger partial charge on any atom is -0.395 e. The lowest BCUT2D eigenvalue weighted by molar-refractivity contribution is 0.0924. The Morgan fingerprint density at radius 1 is 1.50 bits per heavy atom. The molecule has 1 saturated carbocycles. The van der Waals surface area contributed by atoms with Crippen molar-refractivity contribution in [3.8, 4) is 0 Å². The van der Waals surface area contributed by atoms with Crippen LogP contribution in [0.1, 0.15) is 55.2 Å². The van der Waals surface area contributed by atoms with Crippen molar-refractivity contribution in [1.82, 2.24) is 15.5 Å². The molecule has 0 radical (unpaired) electrons. The summed E-state index contributed by atoms with van der Waals surface area (Å²) < 4.78 is 0. The van der Waals surface area contributed by atoms with Gasteiger partial charge in [-0.3, -0.25) is 9.89 Å². The van der Waals surface area contributed by atoms with Gasteiger partial charge in [-0.05, 0) is 31.6 Å². The normalized spacial score (nSPS) is 17.9. The number of aryl methyl sites for hydroxylation is 1. The second-order valence-corrected chi connectivity index (χ2v) is 5.35. The number of hydrogen-bond acceptors (Lipinski definition) is 3. The van der Waals surface area contributed by atoms with Crippen molar-refractivity contribution in [3.05, 3.63) is 11.4 Å². The molecule has 1 amide bonds. The van der Waals surface area contributed by atoms with Gasteiger partial charge in [0.1, 0.15) is 0 Å². The molecule has 1 aliphatic rings. The number of H-pyrrole nitrogens is 1. The second kappa shape index (κ2) is 5.00. The van der Waals surface area contributed by atoms with Crippen molar-refractivity contribution in [1.29, 1.82) is 0 Å². The molecular weight excluding hydrogens is 228 g/mol. The molecule has 0 spiro atoms. The van der Waals surface area contributed by atoms with Crippen LogP contribution in [0.15, 0.2) is 0 Å². The van der Waals surface area contributed by atoms with Crippen LogP contribution in [0.2, 0.25) is 0 Å². The molecule has 0 aliphatic heterocycles. The third-order valence-electron chi connectivity index (χ3n) is 4.25. The molecule has 4 N–H and O–H groups in total. The maximum absolute atomic E-state index is 12.0. The van der Waals surface area contributed by atoms with E-state index in [1.165, 1.54) is 25.7 Å². The lowest BCUT2D eigenvalue weighted by Crippen LogP contribution is -2.36. The summed E-state index contributed by atoms with van der Waals surface area (Å²) in [4.78, 5) is 12.0. The molecule has 0 unspecified atom stereocenters. The van der Waals surface area contributed by atoms with E-state index in [1.807, 2.05) is 6.92 Å². The van der Waals surface area contributed by atoms with Gasteiger partial charge in [0, 0.05) is 6.54 Å². The molecule has 100 valence electrons. The average Bonchev–Trinajstić information content (AvgIpc) is 2.96. The molecule has 0 bridgehead atoms. The minimum atomic E-state index is -0.170. The number of aromatic nitrogens is 2. The Labute approximate surface area is 108 Å². The van der Waals surface area contributed by atoms with Crippen molar-refractivity contribution in [2.24, 2.45) is 5.41 Å². The van der Waals surface area contributed by atoms with E-state index in [2.05, 4.69) is 22.4 Å². The topological polar surface area (TPSA) is 83.8 Å². The highest BCUT2D eigenvalue weighted by molar-refractivity contribution is 5.97. The first kappa shape index (κ1) is 12.9. The van der Waals surface area contributed by atoms with E-state index in [9.17, 15) is 4.79 Å². The molecule has 5 nitrogen and oxygen atoms in total. The van der Waals surface area contributed by atoms with Crippen molar-refractivity contribution in [2.45, 2.75) is 46.0 Å². The number of aromatic amines is 1. The molecule has 1 heterocycles. The zero-order valence-electron chi connectivity index (χ0n) is 11.2. The number of anilines is 1. The van der Waals surface area contributed by atoms with E-state index < -0.39 is 0 Å². The number of carbonyl (C=O) groups is 1. The largest absolute Gasteiger partial charge is 0.395 e. The zero-order valence-corrected chi connectivity index (χ0v) is 11.2. The van der Waals surface area contributed by atoms with Crippen LogP contribution in [0.5, 0.6) is 0 Å². The van der Waals surface area contributed by atoms with E-state index in [0.717, 1.165) is 18.7 Å². The molecule has 18 heavy (non-hydrogen) atoms. The average molecular weight is 250 g/mol. The summed E-state index contributed by atoms with van der Waals surface area (Å²) in [5, 5.41) is 9.67. The van der Waals surface area contributed by atoms with E-state index in [0.29, 0.717) is 11.4 Å². The smallest absolute Gasteiger partial charge is 0.273 e. The fourth-order valence-electron chi connectivity index (χ4n) is 2.74. The van der Waals surface area contributed by atoms with Crippen molar-refractivity contribution in [2.75, 3.05) is 12.3 Å². The minimum absolute atomic E-state index is 0.170. The summed E-state index contributed by atoms with van der Waals surface area (Å²) in [5.74, 6) is -0.170. The highest BCUT2D eigenvalue weighted by atomic mass is 16.1. The Bertz CT molecular complexity index is 432. The molecule has 0 saturated heterocycles. The van der Waals surface area contributed by atoms with Crippen molar-refractivity contribution in [3.63, 3.8) is 0 Å². The Hall–Kier alpha value is -1.52. The first-order valence-corrected chi connectivity index (χ1v) is 6.66. The van der Waals surface area contributed by atoms with Crippen LogP contribution < -0.4 is 11.1 Å². The highest BCUT2D eigenvalue weighted by Gasteiger charge is 2.32. The van der Waals surface area contributed by atoms with Crippen molar-refractivity contribution < 1.29 is 4.79 Å². The lowest BCUT2D eigenvalue weighted by Gasteiger charge is -2.27. The van der Waals surface area contributed by atoms with Gasteiger partial charge in [0.05, 0.1) is 11.4 Å². The fraction of sp³-hybridized carbons (Fsp3) is 0.692. The van der Waals surface area contributed by atoms with E-state index in [-0.39, 0.29) is 11.3 Å². The van der Waals surface area contributed by atoms with Crippen LogP contribution in [0.25, 0.3) is 0 Å². The van der Waals surface area contributed by atoms with Crippen molar-refractivity contribution >= 4 is 11.6 Å². The van der Waals surface area contributed by atoms with Gasteiger partial charge in [-0.15, -0.1) is 0 Å². The SMILES string of the molecule is CCC1(CNC(=O)c2n[nH]c(C)c2N)CCCC1. The first-order chi connectivity index (χ1) is 8.58. The van der Waals surface area contributed by atoms with E-state index in [1.54, 1.807) is 0 Å². The summed E-state index contributed by atoms with van der Waals surface area (Å²) in [6, 6.07) is 0. The van der Waals surface area contributed by atoms with Gasteiger partial charge in [0.15, 0.2) is 5.69 Å². The number of hydrogen-bond donors (Lipinski definition) is 3. The molecule has 5 heteroatoms. The quantitative estimate of drug-likeness (QED) is 0.764. The summed E-state index contributed by atoms with van der Waals surface area (Å²) in [6.07, 6.45) is 6.07. The Balaban J connectivity index is 1.98. The monoisotopic (exact) mass is 250 g/mol. The maximum Gasteiger partial charge on any atom is 0.273 e. The second-order valence-electron chi connectivity index (χ2n) is 5.35. The predicted molar refractivity (Wildman–Crippen MR) is 71.3 cm³/mol. The maximum atomic E-state index is 12.0. The van der Waals surface area contributed by atoms with Gasteiger partial charge in [-0.1, -0.05) is 19.8 Å². The van der Waals surface area contributed by atoms with Gasteiger partial charge in [-0.25, -0.2) is 0 Å². The summed E-state index contributed by atoms with van der Waals surface area (Å²) in [5.41, 5.74) is 7.59. The fourth-order valence-corrected chi connectivity index (χ4v) is 2.74. The molecule has 0 aromatic carbocycles. The number of amides is 1. The van der Waals surface area contributed by atoms with Gasteiger partial charge in [-0.2, -0.15) is 5.10 Å². The summed E-state index contributed by atoms with van der Waals surface area (Å²) >= 11 is 0. The zero-order chi connectivity index (χ0) is 13.2. The molecule has 1 aromatic rings. The van der Waals surface area contributed by atoms with Crippen LogP contribution in [0, 0.1) is 12.3 Å². The summed E-state index contributed by atoms with van der Waals surface area (Å²) in [6.45, 7) is 4.74. The lowest BCUT2D eigenvalue weighted by atomic mass is 9.83. The number of nitrogens with one attached hydrogen (secondary N) is 2.